The molecule has 0 saturated carbocycles. The van der Waals surface area contributed by atoms with Gasteiger partial charge in [0.2, 0.25) is 0 Å². The van der Waals surface area contributed by atoms with E-state index >= 15 is 0 Å². The largest absolute Gasteiger partial charge is 0.469 e. The molecule has 0 aromatic heterocycles. The van der Waals surface area contributed by atoms with E-state index in [1.165, 1.54) is 7.11 Å². The summed E-state index contributed by atoms with van der Waals surface area (Å²) in [5.74, 6) is -1.16. The molecule has 0 aromatic carbocycles. The van der Waals surface area contributed by atoms with Crippen LogP contribution in [0.1, 0.15) is 51.4 Å². The second kappa shape index (κ2) is 9.49. The number of hydrogen-bond acceptors (Lipinski definition) is 7. The third-order valence-corrected chi connectivity index (χ3v) is 7.37. The molecule has 30 heavy (non-hydrogen) atoms. The zero-order valence-electron chi connectivity index (χ0n) is 17.1. The predicted molar refractivity (Wildman–Crippen MR) is 118 cm³/mol. The van der Waals surface area contributed by atoms with Crippen molar-refractivity contribution in [3.05, 3.63) is 10.2 Å². The number of aliphatic hydroxyl groups excluding tert-OH is 1. The normalized spacial score (nSPS) is 43.4. The number of alkyl halides is 1. The van der Waals surface area contributed by atoms with E-state index in [4.69, 9.17) is 35.3 Å². The number of rotatable bonds is 7. The summed E-state index contributed by atoms with van der Waals surface area (Å²) in [6.45, 7) is 3.92. The molecule has 0 amide bonds. The van der Waals surface area contributed by atoms with Crippen LogP contribution in [0, 0.1) is 0 Å². The first kappa shape index (κ1) is 23.2. The highest BCUT2D eigenvalue weighted by molar-refractivity contribution is 14.1. The predicted octanol–water partition coefficient (Wildman–Crippen LogP) is 3.23. The molecule has 0 aromatic rings. The Hall–Kier alpha value is 0.0300. The van der Waals surface area contributed by atoms with Crippen LogP contribution in [-0.2, 0) is 28.5 Å². The summed E-state index contributed by atoms with van der Waals surface area (Å²) in [5.41, 5.74) is 0. The summed E-state index contributed by atoms with van der Waals surface area (Å²) in [7, 11) is 1.39. The average Bonchev–Trinajstić information content (AvgIpc) is 2.95. The minimum atomic E-state index is -0.889. The topological polar surface area (TPSA) is 83.5 Å². The standard InChI is InChI=1S/C21H30ClIO7/c1-11(23)7-12(22)5-6-21-10-14(24)19(30-21)16-9-17(29-21)20-15(28-16)4-3-13(27-20)8-18(25)26-2/h12-17,19-20,24H,1,3-10H2,2H3/t12-,13-,14?,15+,16?,17-,19?,20+,21-/m1/s1. The van der Waals surface area contributed by atoms with Crippen molar-refractivity contribution in [3.63, 3.8) is 0 Å². The number of esters is 1. The summed E-state index contributed by atoms with van der Waals surface area (Å²) in [5, 5.41) is 10.6. The van der Waals surface area contributed by atoms with Crippen LogP contribution < -0.4 is 0 Å². The zero-order valence-corrected chi connectivity index (χ0v) is 20.0. The fraction of sp³-hybridized carbons (Fsp3) is 0.857. The molecular weight excluding hydrogens is 527 g/mol. The Morgan fingerprint density at radius 1 is 1.27 bits per heavy atom. The molecule has 4 saturated heterocycles. The Morgan fingerprint density at radius 3 is 2.80 bits per heavy atom. The van der Waals surface area contributed by atoms with Crippen LogP contribution in [0.4, 0.5) is 0 Å². The second-order valence-corrected chi connectivity index (χ2v) is 11.0. The third kappa shape index (κ3) is 5.00. The van der Waals surface area contributed by atoms with Gasteiger partial charge in [0.25, 0.3) is 0 Å². The lowest BCUT2D eigenvalue weighted by atomic mass is 9.86. The van der Waals surface area contributed by atoms with Crippen molar-refractivity contribution in [2.45, 2.75) is 105 Å². The van der Waals surface area contributed by atoms with Gasteiger partial charge in [-0.25, -0.2) is 0 Å². The maximum absolute atomic E-state index is 11.7. The fourth-order valence-electron chi connectivity index (χ4n) is 5.18. The molecule has 4 fully saturated rings. The number of ether oxygens (including phenoxy) is 5. The molecule has 170 valence electrons. The summed E-state index contributed by atoms with van der Waals surface area (Å²) < 4.78 is 31.2. The lowest BCUT2D eigenvalue weighted by molar-refractivity contribution is -0.276. The fourth-order valence-corrected chi connectivity index (χ4v) is 6.27. The number of fused-ring (bicyclic) bond motifs is 7. The molecule has 4 heterocycles. The lowest BCUT2D eigenvalue weighted by Crippen LogP contribution is -2.58. The summed E-state index contributed by atoms with van der Waals surface area (Å²) >= 11 is 8.66. The van der Waals surface area contributed by atoms with E-state index in [1.54, 1.807) is 0 Å². The number of halogens is 2. The molecular formula is C21H30ClIO7. The van der Waals surface area contributed by atoms with Crippen molar-refractivity contribution >= 4 is 40.2 Å². The van der Waals surface area contributed by atoms with Crippen LogP contribution in [-0.4, -0.2) is 72.1 Å². The van der Waals surface area contributed by atoms with E-state index in [9.17, 15) is 9.90 Å². The maximum Gasteiger partial charge on any atom is 0.308 e. The number of aliphatic hydroxyl groups is 1. The van der Waals surface area contributed by atoms with Gasteiger partial charge in [-0.1, -0.05) is 6.58 Å². The van der Waals surface area contributed by atoms with E-state index < -0.39 is 18.0 Å². The Balaban J connectivity index is 1.47. The molecule has 3 unspecified atom stereocenters. The zero-order chi connectivity index (χ0) is 21.5. The third-order valence-electron chi connectivity index (χ3n) is 6.56. The summed E-state index contributed by atoms with van der Waals surface area (Å²) in [6.07, 6.45) is 2.68. The molecule has 1 N–H and O–H groups in total. The van der Waals surface area contributed by atoms with Gasteiger partial charge in [-0.2, -0.15) is 0 Å². The van der Waals surface area contributed by atoms with Gasteiger partial charge >= 0.3 is 5.97 Å². The smallest absolute Gasteiger partial charge is 0.308 e. The van der Waals surface area contributed by atoms with Gasteiger partial charge in [-0.05, 0) is 51.9 Å². The van der Waals surface area contributed by atoms with E-state index in [0.717, 1.165) is 22.8 Å². The van der Waals surface area contributed by atoms with Gasteiger partial charge in [0.15, 0.2) is 5.79 Å². The SMILES string of the molecule is C=C(I)C[C@H](Cl)CC[C@]12CC(O)C(O1)C1C[C@@H](O2)[C@H]2O[C@@H](CC(=O)OC)CC[C@@H]2O1. The number of carbonyl (C=O) groups is 1. The minimum Gasteiger partial charge on any atom is -0.469 e. The molecule has 4 bridgehead atoms. The molecule has 4 rings (SSSR count). The monoisotopic (exact) mass is 556 g/mol. The first-order chi connectivity index (χ1) is 14.3. The summed E-state index contributed by atoms with van der Waals surface area (Å²) in [6, 6.07) is 0. The number of hydrogen-bond donors (Lipinski definition) is 1. The highest BCUT2D eigenvalue weighted by atomic mass is 127. The van der Waals surface area contributed by atoms with Crippen LogP contribution in [0.5, 0.6) is 0 Å². The van der Waals surface area contributed by atoms with Gasteiger partial charge < -0.3 is 28.8 Å². The Labute approximate surface area is 195 Å². The van der Waals surface area contributed by atoms with Gasteiger partial charge in [-0.15, -0.1) is 11.6 Å². The van der Waals surface area contributed by atoms with Gasteiger partial charge in [-0.3, -0.25) is 4.79 Å². The Bertz CT molecular complexity index is 663. The molecule has 4 aliphatic heterocycles. The van der Waals surface area contributed by atoms with Crippen molar-refractivity contribution in [2.24, 2.45) is 0 Å². The highest BCUT2D eigenvalue weighted by Crippen LogP contribution is 2.48. The van der Waals surface area contributed by atoms with E-state index in [-0.39, 0.29) is 48.3 Å². The Kier molecular flexibility index (Phi) is 7.34. The van der Waals surface area contributed by atoms with Gasteiger partial charge in [0.1, 0.15) is 12.2 Å². The van der Waals surface area contributed by atoms with Crippen LogP contribution in [0.15, 0.2) is 10.2 Å². The van der Waals surface area contributed by atoms with E-state index in [2.05, 4.69) is 29.2 Å². The van der Waals surface area contributed by atoms with Crippen molar-refractivity contribution < 1.29 is 33.6 Å². The molecule has 9 atom stereocenters. The van der Waals surface area contributed by atoms with Gasteiger partial charge in [0.05, 0.1) is 44.1 Å². The quantitative estimate of drug-likeness (QED) is 0.293. The first-order valence-corrected chi connectivity index (χ1v) is 12.2. The van der Waals surface area contributed by atoms with Crippen LogP contribution in [0.2, 0.25) is 0 Å². The van der Waals surface area contributed by atoms with Crippen molar-refractivity contribution in [2.75, 3.05) is 7.11 Å². The van der Waals surface area contributed by atoms with Crippen molar-refractivity contribution in [1.82, 2.24) is 0 Å². The van der Waals surface area contributed by atoms with E-state index in [1.807, 2.05) is 0 Å². The lowest BCUT2D eigenvalue weighted by Gasteiger charge is -2.47. The number of carbonyl (C=O) groups excluding carboxylic acids is 1. The Morgan fingerprint density at radius 2 is 2.07 bits per heavy atom. The first-order valence-electron chi connectivity index (χ1n) is 10.7. The average molecular weight is 557 g/mol. The molecule has 0 radical (unpaired) electrons. The number of allylic oxidation sites excluding steroid dienone is 1. The maximum atomic E-state index is 11.7. The van der Waals surface area contributed by atoms with Gasteiger partial charge in [0, 0.05) is 24.6 Å². The molecule has 7 nitrogen and oxygen atoms in total. The van der Waals surface area contributed by atoms with E-state index in [0.29, 0.717) is 25.7 Å². The van der Waals surface area contributed by atoms with Crippen molar-refractivity contribution in [3.8, 4) is 0 Å². The van der Waals surface area contributed by atoms with Crippen LogP contribution in [0.25, 0.3) is 0 Å². The molecule has 0 aliphatic carbocycles. The second-order valence-electron chi connectivity index (χ2n) is 8.81. The molecule has 4 aliphatic rings. The van der Waals surface area contributed by atoms with Crippen molar-refractivity contribution in [1.29, 1.82) is 0 Å². The minimum absolute atomic E-state index is 0.0610. The van der Waals surface area contributed by atoms with Crippen LogP contribution >= 0.6 is 34.2 Å². The molecule has 0 spiro atoms. The summed E-state index contributed by atoms with van der Waals surface area (Å²) in [4.78, 5) is 11.7. The number of methoxy groups -OCH3 is 1. The molecule has 9 heteroatoms. The highest BCUT2D eigenvalue weighted by Gasteiger charge is 2.59. The van der Waals surface area contributed by atoms with Crippen LogP contribution in [0.3, 0.4) is 0 Å².